The molecule has 0 aliphatic carbocycles. The number of carbonyl (C=O) groups is 2. The van der Waals surface area contributed by atoms with Crippen LogP contribution in [0, 0.1) is 5.41 Å². The highest BCUT2D eigenvalue weighted by Gasteiger charge is 2.39. The number of aliphatic hydroxyl groups is 2. The van der Waals surface area contributed by atoms with Gasteiger partial charge in [0.25, 0.3) is 5.91 Å². The molecule has 1 fully saturated rings. The summed E-state index contributed by atoms with van der Waals surface area (Å²) in [5.74, 6) is 1.68. The Hall–Kier alpha value is -2.91. The summed E-state index contributed by atoms with van der Waals surface area (Å²) >= 11 is 0. The van der Waals surface area contributed by atoms with Crippen molar-refractivity contribution in [3.05, 3.63) is 48.0 Å². The molecule has 1 aromatic carbocycles. The van der Waals surface area contributed by atoms with Crippen molar-refractivity contribution in [2.24, 2.45) is 5.41 Å². The third-order valence-electron chi connectivity index (χ3n) is 7.51. The first-order valence-corrected chi connectivity index (χ1v) is 12.9. The van der Waals surface area contributed by atoms with E-state index in [1.165, 1.54) is 0 Å². The molecule has 2 aliphatic rings. The lowest BCUT2D eigenvalue weighted by Crippen LogP contribution is -2.51. The molecule has 4 rings (SSSR count). The van der Waals surface area contributed by atoms with Gasteiger partial charge in [-0.2, -0.15) is 0 Å². The van der Waals surface area contributed by atoms with E-state index in [1.807, 2.05) is 33.9 Å². The second kappa shape index (κ2) is 11.4. The van der Waals surface area contributed by atoms with E-state index >= 15 is 0 Å². The normalized spacial score (nSPS) is 22.8. The topological polar surface area (TPSA) is 117 Å². The highest BCUT2D eigenvalue weighted by Crippen LogP contribution is 2.37. The number of nitrogens with zero attached hydrogens (tertiary/aromatic N) is 3. The smallest absolute Gasteiger partial charge is 0.257 e. The standard InChI is InChI=1S/C27H38N4O5/c1-19(2)26-28-10-14-31(26)11-7-25(35)30-12-8-27(9-13-30)16-22(33)21(32)15-20-5-3-4-6-23(20)36-17-24(34)29-18-27/h3-6,10,14,19,21-22,32-33H,7-9,11-13,15-18H2,1-2H3,(H,29,34)/t21-,22+/m0/s1. The maximum Gasteiger partial charge on any atom is 0.257 e. The van der Waals surface area contributed by atoms with Crippen LogP contribution < -0.4 is 10.1 Å². The van der Waals surface area contributed by atoms with E-state index < -0.39 is 17.6 Å². The summed E-state index contributed by atoms with van der Waals surface area (Å²) in [5, 5.41) is 24.6. The minimum atomic E-state index is -0.952. The van der Waals surface area contributed by atoms with Gasteiger partial charge in [0, 0.05) is 57.3 Å². The number of fused-ring (bicyclic) bond motifs is 1. The number of nitrogens with one attached hydrogen (secondary N) is 1. The summed E-state index contributed by atoms with van der Waals surface area (Å²) in [4.78, 5) is 31.7. The van der Waals surface area contributed by atoms with E-state index in [-0.39, 0.29) is 24.8 Å². The molecule has 3 heterocycles. The zero-order valence-electron chi connectivity index (χ0n) is 21.2. The molecular formula is C27H38N4O5. The fourth-order valence-corrected chi connectivity index (χ4v) is 5.30. The van der Waals surface area contributed by atoms with Gasteiger partial charge in [0.2, 0.25) is 5.91 Å². The maximum absolute atomic E-state index is 13.0. The largest absolute Gasteiger partial charge is 0.483 e. The molecule has 196 valence electrons. The summed E-state index contributed by atoms with van der Waals surface area (Å²) in [5.41, 5.74) is 0.353. The number of rotatable bonds is 4. The van der Waals surface area contributed by atoms with Gasteiger partial charge in [-0.3, -0.25) is 9.59 Å². The Morgan fingerprint density at radius 2 is 1.97 bits per heavy atom. The third-order valence-corrected chi connectivity index (χ3v) is 7.51. The van der Waals surface area contributed by atoms with Crippen LogP contribution in [0.25, 0.3) is 0 Å². The van der Waals surface area contributed by atoms with E-state index in [0.29, 0.717) is 63.5 Å². The number of likely N-dealkylation sites (tertiary alicyclic amines) is 1. The van der Waals surface area contributed by atoms with Crippen LogP contribution in [0.3, 0.4) is 0 Å². The summed E-state index contributed by atoms with van der Waals surface area (Å²) in [7, 11) is 0. The number of hydrogen-bond acceptors (Lipinski definition) is 6. The molecule has 9 nitrogen and oxygen atoms in total. The number of piperidine rings is 1. The van der Waals surface area contributed by atoms with Crippen LogP contribution in [0.5, 0.6) is 5.75 Å². The van der Waals surface area contributed by atoms with Crippen LogP contribution in [-0.4, -0.2) is 74.9 Å². The van der Waals surface area contributed by atoms with Crippen molar-refractivity contribution in [2.45, 2.75) is 70.6 Å². The molecule has 2 amide bonds. The van der Waals surface area contributed by atoms with E-state index in [1.54, 1.807) is 12.3 Å². The van der Waals surface area contributed by atoms with Gasteiger partial charge in [0.15, 0.2) is 6.61 Å². The first kappa shape index (κ1) is 26.2. The fourth-order valence-electron chi connectivity index (χ4n) is 5.30. The lowest BCUT2D eigenvalue weighted by Gasteiger charge is -2.43. The van der Waals surface area contributed by atoms with Crippen LogP contribution in [0.2, 0.25) is 0 Å². The predicted molar refractivity (Wildman–Crippen MR) is 134 cm³/mol. The average Bonchev–Trinajstić information content (AvgIpc) is 3.34. The van der Waals surface area contributed by atoms with Gasteiger partial charge in [0.1, 0.15) is 11.6 Å². The molecule has 0 saturated carbocycles. The second-order valence-electron chi connectivity index (χ2n) is 10.5. The second-order valence-corrected chi connectivity index (χ2v) is 10.5. The number of imidazole rings is 1. The Kier molecular flexibility index (Phi) is 8.31. The SMILES string of the molecule is CC(C)c1nccn1CCC(=O)N1CCC2(CC1)CNC(=O)COc1ccccc1C[C@H](O)[C@H](O)C2. The number of para-hydroxylation sites is 1. The number of amides is 2. The van der Waals surface area contributed by atoms with Crippen molar-refractivity contribution < 1.29 is 24.5 Å². The Morgan fingerprint density at radius 3 is 2.72 bits per heavy atom. The van der Waals surface area contributed by atoms with Gasteiger partial charge >= 0.3 is 0 Å². The Bertz CT molecular complexity index is 1040. The van der Waals surface area contributed by atoms with Crippen molar-refractivity contribution >= 4 is 11.8 Å². The van der Waals surface area contributed by atoms with Gasteiger partial charge in [-0.05, 0) is 36.3 Å². The van der Waals surface area contributed by atoms with Gasteiger partial charge in [0.05, 0.1) is 12.2 Å². The number of aryl methyl sites for hydroxylation is 1. The molecule has 1 aromatic heterocycles. The highest BCUT2D eigenvalue weighted by molar-refractivity contribution is 5.77. The van der Waals surface area contributed by atoms with Crippen LogP contribution in [0.15, 0.2) is 36.7 Å². The number of hydrogen-bond donors (Lipinski definition) is 3. The number of aromatic nitrogens is 2. The molecule has 2 atom stereocenters. The van der Waals surface area contributed by atoms with Crippen molar-refractivity contribution in [3.8, 4) is 5.75 Å². The zero-order chi connectivity index (χ0) is 25.7. The maximum atomic E-state index is 13.0. The van der Waals surface area contributed by atoms with Crippen LogP contribution in [-0.2, 0) is 22.6 Å². The number of benzene rings is 1. The third kappa shape index (κ3) is 6.25. The van der Waals surface area contributed by atoms with E-state index in [2.05, 4.69) is 24.1 Å². The first-order valence-electron chi connectivity index (χ1n) is 12.9. The Balaban J connectivity index is 1.39. The molecule has 0 unspecified atom stereocenters. The highest BCUT2D eigenvalue weighted by atomic mass is 16.5. The summed E-state index contributed by atoms with van der Waals surface area (Å²) in [6, 6.07) is 7.26. The molecular weight excluding hydrogens is 460 g/mol. The molecule has 36 heavy (non-hydrogen) atoms. The first-order chi connectivity index (χ1) is 17.3. The molecule has 9 heteroatoms. The summed E-state index contributed by atoms with van der Waals surface area (Å²) < 4.78 is 7.73. The number of aliphatic hydroxyl groups excluding tert-OH is 2. The molecule has 0 radical (unpaired) electrons. The fraction of sp³-hybridized carbons (Fsp3) is 0.593. The summed E-state index contributed by atoms with van der Waals surface area (Å²) in [6.45, 7) is 6.13. The van der Waals surface area contributed by atoms with Gasteiger partial charge in [-0.15, -0.1) is 0 Å². The van der Waals surface area contributed by atoms with Crippen molar-refractivity contribution in [1.29, 1.82) is 0 Å². The van der Waals surface area contributed by atoms with Crippen molar-refractivity contribution in [3.63, 3.8) is 0 Å². The molecule has 2 aromatic rings. The number of ether oxygens (including phenoxy) is 1. The van der Waals surface area contributed by atoms with E-state index in [9.17, 15) is 19.8 Å². The van der Waals surface area contributed by atoms with E-state index in [0.717, 1.165) is 11.4 Å². The summed E-state index contributed by atoms with van der Waals surface area (Å²) in [6.07, 6.45) is 4.06. The van der Waals surface area contributed by atoms with Gasteiger partial charge in [-0.25, -0.2) is 4.98 Å². The minimum Gasteiger partial charge on any atom is -0.483 e. The van der Waals surface area contributed by atoms with E-state index in [4.69, 9.17) is 4.74 Å². The Morgan fingerprint density at radius 1 is 1.22 bits per heavy atom. The molecule has 1 spiro atoms. The predicted octanol–water partition coefficient (Wildman–Crippen LogP) is 1.87. The molecule has 0 bridgehead atoms. The lowest BCUT2D eigenvalue weighted by molar-refractivity contribution is -0.135. The van der Waals surface area contributed by atoms with Crippen molar-refractivity contribution in [1.82, 2.24) is 19.8 Å². The van der Waals surface area contributed by atoms with Gasteiger partial charge < -0.3 is 29.7 Å². The van der Waals surface area contributed by atoms with Crippen molar-refractivity contribution in [2.75, 3.05) is 26.2 Å². The zero-order valence-corrected chi connectivity index (χ0v) is 21.2. The van der Waals surface area contributed by atoms with Crippen LogP contribution in [0.4, 0.5) is 0 Å². The Labute approximate surface area is 212 Å². The monoisotopic (exact) mass is 498 g/mol. The lowest BCUT2D eigenvalue weighted by atomic mass is 9.73. The molecule has 1 saturated heterocycles. The quantitative estimate of drug-likeness (QED) is 0.593. The number of carbonyl (C=O) groups excluding carboxylic acids is 2. The van der Waals surface area contributed by atoms with Crippen LogP contribution >= 0.6 is 0 Å². The van der Waals surface area contributed by atoms with Crippen LogP contribution in [0.1, 0.15) is 56.8 Å². The van der Waals surface area contributed by atoms with Gasteiger partial charge in [-0.1, -0.05) is 32.0 Å². The molecule has 2 aliphatic heterocycles. The average molecular weight is 499 g/mol. The molecule has 3 N–H and O–H groups in total. The minimum absolute atomic E-state index is 0.0936.